The maximum atomic E-state index is 12.7. The van der Waals surface area contributed by atoms with Crippen LogP contribution in [0.15, 0.2) is 12.4 Å². The van der Waals surface area contributed by atoms with Crippen LogP contribution in [-0.4, -0.2) is 41.7 Å². The Morgan fingerprint density at radius 3 is 2.75 bits per heavy atom. The second-order valence-corrected chi connectivity index (χ2v) is 7.01. The zero-order valence-electron chi connectivity index (χ0n) is 14.9. The zero-order chi connectivity index (χ0) is 17.3. The van der Waals surface area contributed by atoms with E-state index >= 15 is 0 Å². The molecular weight excluding hydrogens is 304 g/mol. The van der Waals surface area contributed by atoms with Crippen molar-refractivity contribution in [3.8, 4) is 0 Å². The molecule has 7 heteroatoms. The van der Waals surface area contributed by atoms with Crippen LogP contribution < -0.4 is 0 Å². The van der Waals surface area contributed by atoms with Gasteiger partial charge in [-0.3, -0.25) is 4.79 Å². The number of fused-ring (bicyclic) bond motifs is 1. The summed E-state index contributed by atoms with van der Waals surface area (Å²) < 4.78 is 4.23. The molecule has 1 aliphatic heterocycles. The molecule has 130 valence electrons. The zero-order valence-corrected chi connectivity index (χ0v) is 14.9. The van der Waals surface area contributed by atoms with Gasteiger partial charge in [-0.2, -0.15) is 0 Å². The standard InChI is InChI=1S/C17H26N6O/c1-12(2)9-15-10-22(11-16-20-19-14(4)23(15)16)17(24)5-7-21-8-6-18-13(21)3/h6,8,12,15H,5,7,9-11H2,1-4H3/t15-/m0/s1. The van der Waals surface area contributed by atoms with Crippen molar-refractivity contribution in [1.29, 1.82) is 0 Å². The smallest absolute Gasteiger partial charge is 0.224 e. The summed E-state index contributed by atoms with van der Waals surface area (Å²) in [6.45, 7) is 10.3. The summed E-state index contributed by atoms with van der Waals surface area (Å²) in [5, 5.41) is 8.48. The minimum Gasteiger partial charge on any atom is -0.335 e. The molecular formula is C17H26N6O. The molecule has 3 rings (SSSR count). The van der Waals surface area contributed by atoms with Crippen LogP contribution in [0.25, 0.3) is 0 Å². The minimum absolute atomic E-state index is 0.170. The van der Waals surface area contributed by atoms with E-state index in [1.807, 2.05) is 29.5 Å². The maximum Gasteiger partial charge on any atom is 0.224 e. The second-order valence-electron chi connectivity index (χ2n) is 7.01. The highest BCUT2D eigenvalue weighted by Gasteiger charge is 2.30. The molecule has 2 aromatic rings. The largest absolute Gasteiger partial charge is 0.335 e. The first-order chi connectivity index (χ1) is 11.5. The summed E-state index contributed by atoms with van der Waals surface area (Å²) in [5.41, 5.74) is 0. The fourth-order valence-corrected chi connectivity index (χ4v) is 3.50. The fourth-order valence-electron chi connectivity index (χ4n) is 3.50. The van der Waals surface area contributed by atoms with E-state index in [4.69, 9.17) is 0 Å². The van der Waals surface area contributed by atoms with Gasteiger partial charge in [0.25, 0.3) is 0 Å². The van der Waals surface area contributed by atoms with Gasteiger partial charge in [-0.15, -0.1) is 10.2 Å². The lowest BCUT2D eigenvalue weighted by molar-refractivity contribution is -0.133. The molecule has 0 fully saturated rings. The lowest BCUT2D eigenvalue weighted by Gasteiger charge is -2.35. The predicted octanol–water partition coefficient (Wildman–Crippen LogP) is 2.11. The molecule has 0 unspecified atom stereocenters. The van der Waals surface area contributed by atoms with E-state index in [1.165, 1.54) is 0 Å². The summed E-state index contributed by atoms with van der Waals surface area (Å²) in [6, 6.07) is 0.266. The molecule has 0 aliphatic carbocycles. The average molecular weight is 330 g/mol. The summed E-state index contributed by atoms with van der Waals surface area (Å²) in [6.07, 6.45) is 5.19. The van der Waals surface area contributed by atoms with Crippen molar-refractivity contribution in [3.63, 3.8) is 0 Å². The molecule has 0 saturated carbocycles. The summed E-state index contributed by atoms with van der Waals surface area (Å²) in [4.78, 5) is 18.8. The van der Waals surface area contributed by atoms with Crippen LogP contribution in [-0.2, 0) is 17.9 Å². The number of carbonyl (C=O) groups is 1. The highest BCUT2D eigenvalue weighted by Crippen LogP contribution is 2.27. The number of aryl methyl sites for hydroxylation is 3. The van der Waals surface area contributed by atoms with E-state index < -0.39 is 0 Å². The van der Waals surface area contributed by atoms with Gasteiger partial charge in [0.1, 0.15) is 11.6 Å². The topological polar surface area (TPSA) is 68.8 Å². The molecule has 1 amide bonds. The highest BCUT2D eigenvalue weighted by atomic mass is 16.2. The van der Waals surface area contributed by atoms with Gasteiger partial charge >= 0.3 is 0 Å². The molecule has 0 spiro atoms. The van der Waals surface area contributed by atoms with E-state index in [1.54, 1.807) is 6.20 Å². The van der Waals surface area contributed by atoms with Crippen molar-refractivity contribution in [2.75, 3.05) is 6.54 Å². The molecule has 2 aromatic heterocycles. The average Bonchev–Trinajstić information content (AvgIpc) is 3.10. The van der Waals surface area contributed by atoms with E-state index in [9.17, 15) is 4.79 Å². The number of aromatic nitrogens is 5. The van der Waals surface area contributed by atoms with Crippen molar-refractivity contribution in [2.45, 2.75) is 59.7 Å². The third-order valence-electron chi connectivity index (χ3n) is 4.65. The van der Waals surface area contributed by atoms with Crippen LogP contribution in [0.3, 0.4) is 0 Å². The van der Waals surface area contributed by atoms with Crippen molar-refractivity contribution in [3.05, 3.63) is 29.9 Å². The number of amides is 1. The van der Waals surface area contributed by atoms with E-state index in [-0.39, 0.29) is 11.9 Å². The summed E-state index contributed by atoms with van der Waals surface area (Å²) >= 11 is 0. The highest BCUT2D eigenvalue weighted by molar-refractivity contribution is 5.76. The van der Waals surface area contributed by atoms with Gasteiger partial charge in [-0.05, 0) is 26.2 Å². The van der Waals surface area contributed by atoms with E-state index in [0.29, 0.717) is 25.4 Å². The first kappa shape index (κ1) is 16.7. The number of hydrogen-bond acceptors (Lipinski definition) is 4. The van der Waals surface area contributed by atoms with Crippen LogP contribution in [0.1, 0.15) is 50.2 Å². The molecule has 0 bridgehead atoms. The van der Waals surface area contributed by atoms with Gasteiger partial charge in [0, 0.05) is 31.9 Å². The first-order valence-electron chi connectivity index (χ1n) is 8.61. The molecule has 0 N–H and O–H groups in total. The monoisotopic (exact) mass is 330 g/mol. The number of imidazole rings is 1. The van der Waals surface area contributed by atoms with Gasteiger partial charge in [-0.1, -0.05) is 13.8 Å². The lowest BCUT2D eigenvalue weighted by atomic mass is 10.0. The van der Waals surface area contributed by atoms with Gasteiger partial charge in [0.2, 0.25) is 5.91 Å². The molecule has 0 radical (unpaired) electrons. The van der Waals surface area contributed by atoms with Crippen LogP contribution >= 0.6 is 0 Å². The minimum atomic E-state index is 0.170. The van der Waals surface area contributed by atoms with Crippen molar-refractivity contribution < 1.29 is 4.79 Å². The Hall–Kier alpha value is -2.18. The maximum absolute atomic E-state index is 12.7. The Bertz CT molecular complexity index is 716. The lowest BCUT2D eigenvalue weighted by Crippen LogP contribution is -2.42. The molecule has 3 heterocycles. The van der Waals surface area contributed by atoms with Gasteiger partial charge in [0.15, 0.2) is 5.82 Å². The SMILES string of the molecule is Cc1nccn1CCC(=O)N1Cc2nnc(C)n2[C@@H](CC(C)C)C1. The normalized spacial score (nSPS) is 17.4. The van der Waals surface area contributed by atoms with Crippen molar-refractivity contribution in [2.24, 2.45) is 5.92 Å². The Kier molecular flexibility index (Phi) is 4.69. The molecule has 7 nitrogen and oxygen atoms in total. The third kappa shape index (κ3) is 3.34. The number of carbonyl (C=O) groups excluding carboxylic acids is 1. The summed E-state index contributed by atoms with van der Waals surface area (Å²) in [7, 11) is 0. The van der Waals surface area contributed by atoms with Crippen molar-refractivity contribution in [1.82, 2.24) is 29.2 Å². The molecule has 0 aromatic carbocycles. The quantitative estimate of drug-likeness (QED) is 0.842. The van der Waals surface area contributed by atoms with Gasteiger partial charge in [-0.25, -0.2) is 4.98 Å². The first-order valence-corrected chi connectivity index (χ1v) is 8.61. The van der Waals surface area contributed by atoms with Crippen molar-refractivity contribution >= 4 is 5.91 Å². The Morgan fingerprint density at radius 1 is 1.29 bits per heavy atom. The van der Waals surface area contributed by atoms with E-state index in [2.05, 4.69) is 33.6 Å². The number of nitrogens with zero attached hydrogens (tertiary/aromatic N) is 6. The fraction of sp³-hybridized carbons (Fsp3) is 0.647. The summed E-state index contributed by atoms with van der Waals surface area (Å²) in [5.74, 6) is 3.51. The molecule has 24 heavy (non-hydrogen) atoms. The van der Waals surface area contributed by atoms with Crippen LogP contribution in [0.4, 0.5) is 0 Å². The Labute approximate surface area is 142 Å². The number of rotatable bonds is 5. The molecule has 1 atom stereocenters. The predicted molar refractivity (Wildman–Crippen MR) is 90.2 cm³/mol. The number of hydrogen-bond donors (Lipinski definition) is 0. The van der Waals surface area contributed by atoms with Gasteiger partial charge < -0.3 is 14.0 Å². The Balaban J connectivity index is 1.70. The molecule has 0 saturated heterocycles. The second kappa shape index (κ2) is 6.75. The van der Waals surface area contributed by atoms with Gasteiger partial charge in [0.05, 0.1) is 12.6 Å². The molecule has 1 aliphatic rings. The van der Waals surface area contributed by atoms with Crippen LogP contribution in [0, 0.1) is 19.8 Å². The van der Waals surface area contributed by atoms with Crippen LogP contribution in [0.5, 0.6) is 0 Å². The van der Waals surface area contributed by atoms with Crippen LogP contribution in [0.2, 0.25) is 0 Å². The Morgan fingerprint density at radius 2 is 2.08 bits per heavy atom. The third-order valence-corrected chi connectivity index (χ3v) is 4.65. The van der Waals surface area contributed by atoms with E-state index in [0.717, 1.165) is 30.4 Å².